The van der Waals surface area contributed by atoms with Gasteiger partial charge in [0.15, 0.2) is 5.79 Å². The van der Waals surface area contributed by atoms with Crippen LogP contribution in [0, 0.1) is 0 Å². The highest BCUT2D eigenvalue weighted by Gasteiger charge is 2.56. The van der Waals surface area contributed by atoms with Gasteiger partial charge in [0.2, 0.25) is 0 Å². The molecule has 2 rings (SSSR count). The van der Waals surface area contributed by atoms with Crippen molar-refractivity contribution in [1.82, 2.24) is 0 Å². The van der Waals surface area contributed by atoms with Crippen LogP contribution in [0.15, 0.2) is 0 Å². The first kappa shape index (κ1) is 12.3. The van der Waals surface area contributed by atoms with Gasteiger partial charge in [-0.05, 0) is 20.3 Å². The Hall–Kier alpha value is -0.120. The monoisotopic (exact) mass is 228 g/mol. The number of unbranched alkanes of at least 4 members (excludes halogenated alkanes) is 3. The zero-order valence-electron chi connectivity index (χ0n) is 10.8. The third kappa shape index (κ3) is 2.41. The summed E-state index contributed by atoms with van der Waals surface area (Å²) >= 11 is 0. The first-order valence-electron chi connectivity index (χ1n) is 6.54. The van der Waals surface area contributed by atoms with Gasteiger partial charge in [0, 0.05) is 0 Å². The van der Waals surface area contributed by atoms with Crippen LogP contribution in [0.2, 0.25) is 0 Å². The molecule has 3 heteroatoms. The molecule has 3 nitrogen and oxygen atoms in total. The first-order valence-corrected chi connectivity index (χ1v) is 6.54. The molecule has 0 aromatic rings. The molecule has 2 aliphatic rings. The van der Waals surface area contributed by atoms with E-state index in [4.69, 9.17) is 14.2 Å². The summed E-state index contributed by atoms with van der Waals surface area (Å²) in [5.74, 6) is -0.431. The lowest BCUT2D eigenvalue weighted by Crippen LogP contribution is -2.39. The zero-order valence-corrected chi connectivity index (χ0v) is 10.8. The predicted octanol–water partition coefficient (Wildman–Crippen LogP) is 2.88. The molecule has 2 atom stereocenters. The van der Waals surface area contributed by atoms with Crippen molar-refractivity contribution < 1.29 is 14.2 Å². The topological polar surface area (TPSA) is 27.7 Å². The molecule has 0 spiro atoms. The average Bonchev–Trinajstić information content (AvgIpc) is 2.65. The Morgan fingerprint density at radius 3 is 2.75 bits per heavy atom. The summed E-state index contributed by atoms with van der Waals surface area (Å²) in [5, 5.41) is 0. The molecule has 0 radical (unpaired) electrons. The maximum absolute atomic E-state index is 6.09. The van der Waals surface area contributed by atoms with Crippen molar-refractivity contribution in [2.24, 2.45) is 0 Å². The molecule has 2 heterocycles. The molecule has 0 aromatic carbocycles. The van der Waals surface area contributed by atoms with Crippen LogP contribution in [-0.2, 0) is 14.2 Å². The van der Waals surface area contributed by atoms with Crippen LogP contribution in [0.3, 0.4) is 0 Å². The van der Waals surface area contributed by atoms with Gasteiger partial charge in [0.05, 0.1) is 13.2 Å². The van der Waals surface area contributed by atoms with Crippen LogP contribution < -0.4 is 0 Å². The van der Waals surface area contributed by atoms with E-state index in [2.05, 4.69) is 6.92 Å². The summed E-state index contributed by atoms with van der Waals surface area (Å²) in [5.41, 5.74) is -0.156. The second-order valence-electron chi connectivity index (χ2n) is 5.50. The van der Waals surface area contributed by atoms with Gasteiger partial charge >= 0.3 is 0 Å². The Morgan fingerprint density at radius 1 is 1.19 bits per heavy atom. The van der Waals surface area contributed by atoms with Gasteiger partial charge in [-0.25, -0.2) is 0 Å². The Labute approximate surface area is 98.4 Å². The summed E-state index contributed by atoms with van der Waals surface area (Å²) < 4.78 is 17.5. The van der Waals surface area contributed by atoms with Gasteiger partial charge in [-0.15, -0.1) is 0 Å². The lowest BCUT2D eigenvalue weighted by Gasteiger charge is -2.26. The summed E-state index contributed by atoms with van der Waals surface area (Å²) in [6.07, 6.45) is 6.30. The zero-order chi connectivity index (χ0) is 11.6. The van der Waals surface area contributed by atoms with Crippen LogP contribution in [0.5, 0.6) is 0 Å². The summed E-state index contributed by atoms with van der Waals surface area (Å²) in [6, 6.07) is 0. The molecule has 94 valence electrons. The smallest absolute Gasteiger partial charge is 0.164 e. The minimum absolute atomic E-state index is 0.143. The Kier molecular flexibility index (Phi) is 3.57. The molecule has 0 aromatic heterocycles. The Bertz CT molecular complexity index is 239. The lowest BCUT2D eigenvalue weighted by atomic mass is 9.93. The third-order valence-electron chi connectivity index (χ3n) is 3.53. The van der Waals surface area contributed by atoms with Gasteiger partial charge in [-0.1, -0.05) is 32.6 Å². The Morgan fingerprint density at radius 2 is 2.00 bits per heavy atom. The van der Waals surface area contributed by atoms with E-state index in [0.29, 0.717) is 13.2 Å². The van der Waals surface area contributed by atoms with Gasteiger partial charge < -0.3 is 14.2 Å². The van der Waals surface area contributed by atoms with E-state index in [9.17, 15) is 0 Å². The fourth-order valence-electron chi connectivity index (χ4n) is 2.81. The maximum Gasteiger partial charge on any atom is 0.164 e. The van der Waals surface area contributed by atoms with Crippen molar-refractivity contribution in [3.8, 4) is 0 Å². The fourth-order valence-corrected chi connectivity index (χ4v) is 2.81. The molecule has 2 fully saturated rings. The van der Waals surface area contributed by atoms with Gasteiger partial charge in [0.25, 0.3) is 0 Å². The van der Waals surface area contributed by atoms with Gasteiger partial charge in [-0.2, -0.15) is 0 Å². The van der Waals surface area contributed by atoms with Crippen molar-refractivity contribution in [2.45, 2.75) is 70.4 Å². The normalized spacial score (nSPS) is 36.6. The summed E-state index contributed by atoms with van der Waals surface area (Å²) in [7, 11) is 0. The summed E-state index contributed by atoms with van der Waals surface area (Å²) in [6.45, 7) is 7.63. The number of hydrogen-bond donors (Lipinski definition) is 0. The molecule has 0 amide bonds. The third-order valence-corrected chi connectivity index (χ3v) is 3.53. The molecular weight excluding hydrogens is 204 g/mol. The predicted molar refractivity (Wildman–Crippen MR) is 62.3 cm³/mol. The largest absolute Gasteiger partial charge is 0.376 e. The van der Waals surface area contributed by atoms with Crippen LogP contribution in [-0.4, -0.2) is 30.7 Å². The number of hydrogen-bond acceptors (Lipinski definition) is 3. The van der Waals surface area contributed by atoms with Crippen molar-refractivity contribution in [1.29, 1.82) is 0 Å². The van der Waals surface area contributed by atoms with Gasteiger partial charge in [-0.3, -0.25) is 0 Å². The number of fused-ring (bicyclic) bond motifs is 1. The SMILES string of the molecule is CCCCCC[C@]12COCC1OC(C)(C)O2. The number of rotatable bonds is 5. The summed E-state index contributed by atoms with van der Waals surface area (Å²) in [4.78, 5) is 0. The molecule has 2 aliphatic heterocycles. The molecule has 16 heavy (non-hydrogen) atoms. The number of ether oxygens (including phenoxy) is 3. The minimum atomic E-state index is -0.431. The quantitative estimate of drug-likeness (QED) is 0.677. The van der Waals surface area contributed by atoms with E-state index in [0.717, 1.165) is 6.42 Å². The van der Waals surface area contributed by atoms with E-state index in [1.807, 2.05) is 13.8 Å². The van der Waals surface area contributed by atoms with E-state index in [1.54, 1.807) is 0 Å². The van der Waals surface area contributed by atoms with E-state index in [-0.39, 0.29) is 11.7 Å². The first-order chi connectivity index (χ1) is 7.58. The minimum Gasteiger partial charge on any atom is -0.376 e. The molecule has 0 saturated carbocycles. The van der Waals surface area contributed by atoms with Gasteiger partial charge in [0.1, 0.15) is 11.7 Å². The Balaban J connectivity index is 1.89. The van der Waals surface area contributed by atoms with Crippen molar-refractivity contribution >= 4 is 0 Å². The second-order valence-corrected chi connectivity index (χ2v) is 5.50. The highest BCUT2D eigenvalue weighted by atomic mass is 16.8. The van der Waals surface area contributed by atoms with E-state index in [1.165, 1.54) is 25.7 Å². The second kappa shape index (κ2) is 4.63. The molecule has 1 unspecified atom stereocenters. The lowest BCUT2D eigenvalue weighted by molar-refractivity contribution is -0.183. The van der Waals surface area contributed by atoms with E-state index < -0.39 is 5.79 Å². The van der Waals surface area contributed by atoms with E-state index >= 15 is 0 Å². The van der Waals surface area contributed by atoms with Crippen LogP contribution >= 0.6 is 0 Å². The molecule has 2 saturated heterocycles. The highest BCUT2D eigenvalue weighted by molar-refractivity contribution is 4.99. The standard InChI is InChI=1S/C13H24O3/c1-4-5-6-7-8-13-10-14-9-11(13)15-12(2,3)16-13/h11H,4-10H2,1-3H3/t11?,13-/m0/s1. The van der Waals surface area contributed by atoms with Crippen molar-refractivity contribution in [3.05, 3.63) is 0 Å². The molecule has 0 N–H and O–H groups in total. The molecule has 0 bridgehead atoms. The molecular formula is C13H24O3. The van der Waals surface area contributed by atoms with Crippen molar-refractivity contribution in [2.75, 3.05) is 13.2 Å². The van der Waals surface area contributed by atoms with Crippen LogP contribution in [0.4, 0.5) is 0 Å². The van der Waals surface area contributed by atoms with Crippen molar-refractivity contribution in [3.63, 3.8) is 0 Å². The van der Waals surface area contributed by atoms with Crippen LogP contribution in [0.25, 0.3) is 0 Å². The fraction of sp³-hybridized carbons (Fsp3) is 1.00. The average molecular weight is 228 g/mol. The maximum atomic E-state index is 6.09. The van der Waals surface area contributed by atoms with Crippen LogP contribution in [0.1, 0.15) is 52.9 Å². The molecule has 0 aliphatic carbocycles. The highest BCUT2D eigenvalue weighted by Crippen LogP contribution is 2.43.